The molecule has 0 atom stereocenters. The number of hydrogen-bond acceptors (Lipinski definition) is 4. The number of benzene rings is 1. The van der Waals surface area contributed by atoms with Gasteiger partial charge in [-0.3, -0.25) is 14.2 Å². The highest BCUT2D eigenvalue weighted by Gasteiger charge is 2.09. The summed E-state index contributed by atoms with van der Waals surface area (Å²) in [4.78, 5) is 23.3. The van der Waals surface area contributed by atoms with Crippen molar-refractivity contribution in [1.82, 2.24) is 4.57 Å². The molecular weight excluding hydrogens is 262 g/mol. The van der Waals surface area contributed by atoms with Crippen molar-refractivity contribution in [2.24, 2.45) is 0 Å². The summed E-state index contributed by atoms with van der Waals surface area (Å²) in [6.45, 7) is 3.71. The molecule has 0 aliphatic heterocycles. The number of thiazole rings is 1. The van der Waals surface area contributed by atoms with Crippen molar-refractivity contribution in [3.05, 3.63) is 44.5 Å². The van der Waals surface area contributed by atoms with Crippen molar-refractivity contribution in [2.75, 3.05) is 11.1 Å². The Morgan fingerprint density at radius 2 is 2.16 bits per heavy atom. The van der Waals surface area contributed by atoms with Crippen LogP contribution in [0.25, 0.3) is 0 Å². The molecule has 0 fully saturated rings. The van der Waals surface area contributed by atoms with E-state index in [-0.39, 0.29) is 17.3 Å². The van der Waals surface area contributed by atoms with Crippen LogP contribution < -0.4 is 15.9 Å². The molecular formula is C13H15N3O2S. The van der Waals surface area contributed by atoms with E-state index in [0.717, 1.165) is 22.6 Å². The third-order valence-electron chi connectivity index (χ3n) is 2.84. The summed E-state index contributed by atoms with van der Waals surface area (Å²) in [6, 6.07) is 5.33. The zero-order valence-corrected chi connectivity index (χ0v) is 11.6. The molecule has 5 nitrogen and oxygen atoms in total. The fourth-order valence-corrected chi connectivity index (χ4v) is 2.39. The quantitative estimate of drug-likeness (QED) is 0.839. The Kier molecular flexibility index (Phi) is 3.71. The van der Waals surface area contributed by atoms with Gasteiger partial charge in [-0.2, -0.15) is 0 Å². The minimum Gasteiger partial charge on any atom is -0.398 e. The molecule has 1 heterocycles. The number of carbonyl (C=O) groups excluding carboxylic acids is 1. The van der Waals surface area contributed by atoms with Crippen LogP contribution in [0.2, 0.25) is 0 Å². The van der Waals surface area contributed by atoms with Gasteiger partial charge < -0.3 is 11.1 Å². The van der Waals surface area contributed by atoms with E-state index in [1.165, 1.54) is 4.57 Å². The zero-order chi connectivity index (χ0) is 14.0. The predicted molar refractivity (Wildman–Crippen MR) is 77.5 cm³/mol. The number of anilines is 2. The second kappa shape index (κ2) is 5.27. The van der Waals surface area contributed by atoms with Gasteiger partial charge in [0.1, 0.15) is 6.54 Å². The molecule has 0 bridgehead atoms. The maximum atomic E-state index is 11.9. The number of hydrogen-bond donors (Lipinski definition) is 2. The molecule has 0 radical (unpaired) electrons. The summed E-state index contributed by atoms with van der Waals surface area (Å²) in [5, 5.41) is 4.46. The number of aryl methyl sites for hydroxylation is 2. The number of carbonyl (C=O) groups is 1. The van der Waals surface area contributed by atoms with E-state index in [9.17, 15) is 9.59 Å². The van der Waals surface area contributed by atoms with Crippen molar-refractivity contribution in [3.8, 4) is 0 Å². The van der Waals surface area contributed by atoms with Crippen LogP contribution in [-0.4, -0.2) is 10.5 Å². The van der Waals surface area contributed by atoms with Gasteiger partial charge in [0.25, 0.3) is 0 Å². The first-order chi connectivity index (χ1) is 8.97. The van der Waals surface area contributed by atoms with Gasteiger partial charge in [-0.15, -0.1) is 0 Å². The highest BCUT2D eigenvalue weighted by molar-refractivity contribution is 7.07. The summed E-state index contributed by atoms with van der Waals surface area (Å²) in [5.74, 6) is -0.244. The minimum atomic E-state index is -0.244. The van der Waals surface area contributed by atoms with Crippen LogP contribution in [-0.2, 0) is 11.3 Å². The highest BCUT2D eigenvalue weighted by atomic mass is 32.1. The first-order valence-electron chi connectivity index (χ1n) is 5.78. The van der Waals surface area contributed by atoms with Gasteiger partial charge in [0, 0.05) is 22.4 Å². The summed E-state index contributed by atoms with van der Waals surface area (Å²) in [6.07, 6.45) is 0. The van der Waals surface area contributed by atoms with Crippen LogP contribution in [0, 0.1) is 13.8 Å². The lowest BCUT2D eigenvalue weighted by molar-refractivity contribution is -0.116. The number of rotatable bonds is 3. The molecule has 100 valence electrons. The minimum absolute atomic E-state index is 0.0158. The van der Waals surface area contributed by atoms with Gasteiger partial charge >= 0.3 is 4.87 Å². The molecule has 0 saturated heterocycles. The van der Waals surface area contributed by atoms with Gasteiger partial charge in [0.05, 0.1) is 0 Å². The number of nitrogens with zero attached hydrogens (tertiary/aromatic N) is 1. The maximum Gasteiger partial charge on any atom is 0.307 e. The zero-order valence-electron chi connectivity index (χ0n) is 10.8. The monoisotopic (exact) mass is 277 g/mol. The number of nitrogen functional groups attached to an aromatic ring is 1. The highest BCUT2D eigenvalue weighted by Crippen LogP contribution is 2.16. The van der Waals surface area contributed by atoms with Crippen molar-refractivity contribution < 1.29 is 4.79 Å². The first-order valence-corrected chi connectivity index (χ1v) is 6.66. The Labute approximate surface area is 114 Å². The van der Waals surface area contributed by atoms with Crippen molar-refractivity contribution in [2.45, 2.75) is 20.4 Å². The van der Waals surface area contributed by atoms with Crippen molar-refractivity contribution in [3.63, 3.8) is 0 Å². The van der Waals surface area contributed by atoms with E-state index in [1.54, 1.807) is 24.4 Å². The molecule has 19 heavy (non-hydrogen) atoms. The van der Waals surface area contributed by atoms with Crippen LogP contribution in [0.5, 0.6) is 0 Å². The van der Waals surface area contributed by atoms with Gasteiger partial charge in [-0.1, -0.05) is 17.4 Å². The number of nitrogens with one attached hydrogen (secondary N) is 1. The molecule has 2 aromatic rings. The van der Waals surface area contributed by atoms with E-state index in [1.807, 2.05) is 13.0 Å². The summed E-state index contributed by atoms with van der Waals surface area (Å²) < 4.78 is 1.44. The van der Waals surface area contributed by atoms with E-state index in [2.05, 4.69) is 5.32 Å². The lowest BCUT2D eigenvalue weighted by Crippen LogP contribution is -2.25. The lowest BCUT2D eigenvalue weighted by atomic mass is 10.2. The lowest BCUT2D eigenvalue weighted by Gasteiger charge is -2.08. The van der Waals surface area contributed by atoms with Gasteiger partial charge in [-0.05, 0) is 31.5 Å². The fraction of sp³-hybridized carbons (Fsp3) is 0.231. The average molecular weight is 277 g/mol. The Balaban J connectivity index is 2.09. The molecule has 0 aliphatic rings. The van der Waals surface area contributed by atoms with Crippen LogP contribution in [0.4, 0.5) is 11.4 Å². The SMILES string of the molecule is Cc1ccc(NC(=O)Cn2c(C)csc2=O)cc1N. The topological polar surface area (TPSA) is 77.1 Å². The van der Waals surface area contributed by atoms with E-state index < -0.39 is 0 Å². The number of nitrogens with two attached hydrogens (primary N) is 1. The number of amides is 1. The molecule has 2 rings (SSSR count). The van der Waals surface area contributed by atoms with Crippen LogP contribution in [0.15, 0.2) is 28.4 Å². The van der Waals surface area contributed by atoms with Crippen molar-refractivity contribution >= 4 is 28.6 Å². The molecule has 1 aromatic heterocycles. The first kappa shape index (κ1) is 13.4. The largest absolute Gasteiger partial charge is 0.398 e. The summed E-state index contributed by atoms with van der Waals surface area (Å²) in [5.41, 5.74) is 8.78. The molecule has 6 heteroatoms. The normalized spacial score (nSPS) is 10.4. The third-order valence-corrected chi connectivity index (χ3v) is 3.72. The van der Waals surface area contributed by atoms with E-state index >= 15 is 0 Å². The molecule has 0 spiro atoms. The summed E-state index contributed by atoms with van der Waals surface area (Å²) in [7, 11) is 0. The molecule has 3 N–H and O–H groups in total. The van der Waals surface area contributed by atoms with Gasteiger partial charge in [0.2, 0.25) is 5.91 Å². The van der Waals surface area contributed by atoms with Gasteiger partial charge in [0.15, 0.2) is 0 Å². The molecule has 0 aliphatic carbocycles. The molecule has 0 unspecified atom stereocenters. The van der Waals surface area contributed by atoms with E-state index in [4.69, 9.17) is 5.73 Å². The smallest absolute Gasteiger partial charge is 0.307 e. The Bertz CT molecular complexity index is 673. The molecule has 0 saturated carbocycles. The Hall–Kier alpha value is -2.08. The Morgan fingerprint density at radius 1 is 1.42 bits per heavy atom. The maximum absolute atomic E-state index is 11.9. The van der Waals surface area contributed by atoms with E-state index in [0.29, 0.717) is 11.4 Å². The second-order valence-electron chi connectivity index (χ2n) is 4.35. The number of aromatic nitrogens is 1. The standard InChI is InChI=1S/C13H15N3O2S/c1-8-3-4-10(5-11(8)14)15-12(17)6-16-9(2)7-19-13(16)18/h3-5,7H,6,14H2,1-2H3,(H,15,17). The van der Waals surface area contributed by atoms with Gasteiger partial charge in [-0.25, -0.2) is 0 Å². The van der Waals surface area contributed by atoms with Crippen LogP contribution >= 0.6 is 11.3 Å². The van der Waals surface area contributed by atoms with Crippen molar-refractivity contribution in [1.29, 1.82) is 0 Å². The Morgan fingerprint density at radius 3 is 2.74 bits per heavy atom. The summed E-state index contributed by atoms with van der Waals surface area (Å²) >= 11 is 1.09. The van der Waals surface area contributed by atoms with Crippen LogP contribution in [0.3, 0.4) is 0 Å². The van der Waals surface area contributed by atoms with Crippen LogP contribution in [0.1, 0.15) is 11.3 Å². The fourth-order valence-electron chi connectivity index (χ4n) is 1.66. The third kappa shape index (κ3) is 3.03. The second-order valence-corrected chi connectivity index (χ2v) is 5.17. The average Bonchev–Trinajstić information content (AvgIpc) is 2.66. The molecule has 1 amide bonds. The molecule has 1 aromatic carbocycles. The predicted octanol–water partition coefficient (Wildman–Crippen LogP) is 1.75.